The maximum atomic E-state index is 11.9. The Labute approximate surface area is 128 Å². The van der Waals surface area contributed by atoms with Crippen molar-refractivity contribution in [1.29, 1.82) is 0 Å². The van der Waals surface area contributed by atoms with E-state index in [-0.39, 0.29) is 6.04 Å². The average Bonchev–Trinajstić information content (AvgIpc) is 2.79. The molecule has 1 unspecified atom stereocenters. The topological polar surface area (TPSA) is 73.2 Å². The van der Waals surface area contributed by atoms with Crippen LogP contribution in [0.5, 0.6) is 0 Å². The van der Waals surface area contributed by atoms with Crippen LogP contribution < -0.4 is 5.32 Å². The summed E-state index contributed by atoms with van der Waals surface area (Å²) in [5.41, 5.74) is 0.371. The Morgan fingerprint density at radius 3 is 2.71 bits per heavy atom. The Balaban J connectivity index is 2.74. The number of alkyl carbamates (subject to hydrolysis) is 1. The fraction of sp³-hybridized carbons (Fsp3) is 0.714. The van der Waals surface area contributed by atoms with E-state index in [2.05, 4.69) is 10.3 Å². The van der Waals surface area contributed by atoms with Crippen LogP contribution in [0.15, 0.2) is 12.5 Å². The lowest BCUT2D eigenvalue weighted by Gasteiger charge is -2.23. The van der Waals surface area contributed by atoms with Gasteiger partial charge in [0.2, 0.25) is 0 Å². The van der Waals surface area contributed by atoms with Gasteiger partial charge in [-0.05, 0) is 27.2 Å². The van der Waals surface area contributed by atoms with Crippen molar-refractivity contribution in [3.8, 4) is 0 Å². The van der Waals surface area contributed by atoms with Crippen LogP contribution in [0.3, 0.4) is 0 Å². The van der Waals surface area contributed by atoms with E-state index in [0.717, 1.165) is 12.1 Å². The van der Waals surface area contributed by atoms with Crippen LogP contribution in [-0.4, -0.2) is 37.5 Å². The van der Waals surface area contributed by atoms with Gasteiger partial charge < -0.3 is 14.6 Å². The van der Waals surface area contributed by atoms with Crippen molar-refractivity contribution in [2.24, 2.45) is 0 Å². The molecule has 0 aliphatic rings. The van der Waals surface area contributed by atoms with Gasteiger partial charge >= 0.3 is 6.09 Å². The third-order valence-corrected chi connectivity index (χ3v) is 3.58. The number of amides is 1. The summed E-state index contributed by atoms with van der Waals surface area (Å²) < 4.78 is 18.4. The van der Waals surface area contributed by atoms with E-state index in [0.29, 0.717) is 12.3 Å². The zero-order valence-electron chi connectivity index (χ0n) is 13.4. The molecule has 1 aromatic heterocycles. The first-order valence-electron chi connectivity index (χ1n) is 7.02. The number of hydrogen-bond donors (Lipinski definition) is 1. The van der Waals surface area contributed by atoms with Gasteiger partial charge in [0, 0.05) is 29.4 Å². The van der Waals surface area contributed by atoms with Crippen LogP contribution in [0.2, 0.25) is 0 Å². The van der Waals surface area contributed by atoms with Gasteiger partial charge in [-0.25, -0.2) is 9.78 Å². The smallest absolute Gasteiger partial charge is 0.408 e. The Hall–Kier alpha value is -1.37. The fourth-order valence-corrected chi connectivity index (χ4v) is 2.32. The van der Waals surface area contributed by atoms with Crippen molar-refractivity contribution in [3.05, 3.63) is 18.2 Å². The standard InChI is InChI=1S/C14H25N3O3S/c1-6-11(16-13(18)20-14(2,3)4)12-9-15-10-17(12)7-8-21(5)19/h9-11H,6-8H2,1-5H3,(H,16,18)/t11-,21?/m1/s1. The molecule has 120 valence electrons. The molecular formula is C14H25N3O3S. The molecule has 0 aliphatic carbocycles. The van der Waals surface area contributed by atoms with Crippen LogP contribution in [0.25, 0.3) is 0 Å². The lowest BCUT2D eigenvalue weighted by atomic mass is 10.1. The fourth-order valence-electron chi connectivity index (χ4n) is 1.87. The van der Waals surface area contributed by atoms with Crippen molar-refractivity contribution in [2.75, 3.05) is 12.0 Å². The Bertz CT molecular complexity index is 494. The van der Waals surface area contributed by atoms with Gasteiger partial charge in [-0.1, -0.05) is 6.92 Å². The molecule has 7 heteroatoms. The molecule has 0 bridgehead atoms. The second kappa shape index (κ2) is 7.59. The highest BCUT2D eigenvalue weighted by atomic mass is 32.2. The molecule has 0 radical (unpaired) electrons. The van der Waals surface area contributed by atoms with Crippen molar-refractivity contribution in [2.45, 2.75) is 52.3 Å². The summed E-state index contributed by atoms with van der Waals surface area (Å²) in [5, 5.41) is 2.86. The molecule has 0 saturated heterocycles. The van der Waals surface area contributed by atoms with Gasteiger partial charge in [0.1, 0.15) is 5.60 Å². The minimum Gasteiger partial charge on any atom is -0.444 e. The predicted octanol–water partition coefficient (Wildman–Crippen LogP) is 2.24. The zero-order chi connectivity index (χ0) is 16.0. The van der Waals surface area contributed by atoms with Gasteiger partial charge in [-0.3, -0.25) is 4.21 Å². The Kier molecular flexibility index (Phi) is 6.39. The third kappa shape index (κ3) is 6.29. The molecule has 0 spiro atoms. The van der Waals surface area contributed by atoms with Crippen molar-refractivity contribution >= 4 is 16.9 Å². The normalized spacial score (nSPS) is 14.5. The Morgan fingerprint density at radius 1 is 1.52 bits per heavy atom. The van der Waals surface area contributed by atoms with E-state index in [1.165, 1.54) is 0 Å². The molecule has 1 rings (SSSR count). The van der Waals surface area contributed by atoms with E-state index >= 15 is 0 Å². The first-order valence-corrected chi connectivity index (χ1v) is 8.75. The number of carbonyl (C=O) groups excluding carboxylic acids is 1. The first kappa shape index (κ1) is 17.7. The quantitative estimate of drug-likeness (QED) is 0.873. The van der Waals surface area contributed by atoms with E-state index < -0.39 is 22.5 Å². The maximum Gasteiger partial charge on any atom is 0.408 e. The summed E-state index contributed by atoms with van der Waals surface area (Å²) in [5.74, 6) is 0.562. The molecule has 1 N–H and O–H groups in total. The zero-order valence-corrected chi connectivity index (χ0v) is 14.2. The van der Waals surface area contributed by atoms with Crippen LogP contribution in [0.1, 0.15) is 45.9 Å². The second-order valence-corrected chi connectivity index (χ2v) is 7.45. The average molecular weight is 315 g/mol. The first-order chi connectivity index (χ1) is 9.73. The minimum absolute atomic E-state index is 0.173. The van der Waals surface area contributed by atoms with Crippen LogP contribution in [0.4, 0.5) is 4.79 Å². The highest BCUT2D eigenvalue weighted by molar-refractivity contribution is 7.84. The van der Waals surface area contributed by atoms with Crippen molar-refractivity contribution in [3.63, 3.8) is 0 Å². The molecule has 0 aromatic carbocycles. The van der Waals surface area contributed by atoms with Gasteiger partial charge in [0.15, 0.2) is 0 Å². The van der Waals surface area contributed by atoms with Gasteiger partial charge in [0.05, 0.1) is 24.3 Å². The number of nitrogens with one attached hydrogen (secondary N) is 1. The number of carbonyl (C=O) groups is 1. The van der Waals surface area contributed by atoms with Crippen LogP contribution in [0, 0.1) is 0 Å². The highest BCUT2D eigenvalue weighted by Gasteiger charge is 2.21. The molecule has 0 saturated carbocycles. The molecule has 1 amide bonds. The molecule has 1 aromatic rings. The second-order valence-electron chi connectivity index (χ2n) is 5.90. The molecule has 6 nitrogen and oxygen atoms in total. The van der Waals surface area contributed by atoms with E-state index in [4.69, 9.17) is 4.74 Å². The molecule has 2 atom stereocenters. The van der Waals surface area contributed by atoms with Gasteiger partial charge in [-0.2, -0.15) is 0 Å². The molecule has 21 heavy (non-hydrogen) atoms. The summed E-state index contributed by atoms with van der Waals surface area (Å²) in [6, 6.07) is -0.173. The van der Waals surface area contributed by atoms with E-state index in [1.54, 1.807) is 18.8 Å². The van der Waals surface area contributed by atoms with Gasteiger partial charge in [-0.15, -0.1) is 0 Å². The molecular weight excluding hydrogens is 290 g/mol. The van der Waals surface area contributed by atoms with Crippen molar-refractivity contribution in [1.82, 2.24) is 14.9 Å². The lowest BCUT2D eigenvalue weighted by molar-refractivity contribution is 0.0500. The van der Waals surface area contributed by atoms with Crippen molar-refractivity contribution < 1.29 is 13.7 Å². The number of nitrogens with zero attached hydrogens (tertiary/aromatic N) is 2. The number of aryl methyl sites for hydroxylation is 1. The number of hydrogen-bond acceptors (Lipinski definition) is 4. The summed E-state index contributed by atoms with van der Waals surface area (Å²) in [6.07, 6.45) is 5.37. The monoisotopic (exact) mass is 315 g/mol. The molecule has 1 heterocycles. The summed E-state index contributed by atoms with van der Waals surface area (Å²) in [6.45, 7) is 8.08. The van der Waals surface area contributed by atoms with Crippen LogP contribution >= 0.6 is 0 Å². The molecule has 0 aliphatic heterocycles. The highest BCUT2D eigenvalue weighted by Crippen LogP contribution is 2.17. The predicted molar refractivity (Wildman–Crippen MR) is 83.6 cm³/mol. The third-order valence-electron chi connectivity index (χ3n) is 2.82. The summed E-state index contributed by atoms with van der Waals surface area (Å²) in [7, 11) is -0.858. The summed E-state index contributed by atoms with van der Waals surface area (Å²) in [4.78, 5) is 16.0. The number of aromatic nitrogens is 2. The number of rotatable bonds is 6. The maximum absolute atomic E-state index is 11.9. The minimum atomic E-state index is -0.858. The number of imidazole rings is 1. The van der Waals surface area contributed by atoms with E-state index in [9.17, 15) is 9.00 Å². The molecule has 0 fully saturated rings. The van der Waals surface area contributed by atoms with Gasteiger partial charge in [0.25, 0.3) is 0 Å². The largest absolute Gasteiger partial charge is 0.444 e. The number of ether oxygens (including phenoxy) is 1. The van der Waals surface area contributed by atoms with E-state index in [1.807, 2.05) is 32.3 Å². The summed E-state index contributed by atoms with van der Waals surface area (Å²) >= 11 is 0. The van der Waals surface area contributed by atoms with Crippen LogP contribution in [-0.2, 0) is 22.1 Å². The lowest BCUT2D eigenvalue weighted by Crippen LogP contribution is -2.35. The Morgan fingerprint density at radius 2 is 2.19 bits per heavy atom. The SMILES string of the molecule is CC[C@@H](NC(=O)OC(C)(C)C)c1cncn1CCS(C)=O.